The predicted octanol–water partition coefficient (Wildman–Crippen LogP) is 2.52. The Morgan fingerprint density at radius 1 is 1.06 bits per heavy atom. The van der Waals surface area contributed by atoms with Gasteiger partial charge in [0.05, 0.1) is 5.75 Å². The van der Waals surface area contributed by atoms with Crippen LogP contribution in [0, 0.1) is 5.41 Å². The number of piperazine rings is 1. The van der Waals surface area contributed by atoms with Gasteiger partial charge in [-0.15, -0.1) is 0 Å². The molecule has 0 saturated carbocycles. The highest BCUT2D eigenvalue weighted by molar-refractivity contribution is 7.99. The van der Waals surface area contributed by atoms with E-state index in [2.05, 4.69) is 25.1 Å². The second-order valence-corrected chi connectivity index (χ2v) is 10.7. The number of thioether (sulfide) groups is 1. The maximum Gasteiger partial charge on any atom is 0.230 e. The SMILES string of the molecule is CC(C)(C)C(=O)N1CCN(c2cc(Cl)nc(SCC(=O)NCCN3CCCCC3)n2)CC1. The molecule has 2 amide bonds. The van der Waals surface area contributed by atoms with E-state index >= 15 is 0 Å². The Hall–Kier alpha value is -1.58. The van der Waals surface area contributed by atoms with E-state index in [1.807, 2.05) is 25.7 Å². The van der Waals surface area contributed by atoms with Crippen LogP contribution in [-0.4, -0.2) is 89.7 Å². The number of hydrogen-bond donors (Lipinski definition) is 1. The average Bonchev–Trinajstić information content (AvgIpc) is 2.77. The summed E-state index contributed by atoms with van der Waals surface area (Å²) in [6.45, 7) is 12.3. The molecule has 0 aliphatic carbocycles. The fraction of sp³-hybridized carbons (Fsp3) is 0.727. The summed E-state index contributed by atoms with van der Waals surface area (Å²) >= 11 is 7.52. The first-order chi connectivity index (χ1) is 15.2. The Labute approximate surface area is 200 Å². The maximum absolute atomic E-state index is 12.5. The van der Waals surface area contributed by atoms with E-state index in [-0.39, 0.29) is 23.0 Å². The Morgan fingerprint density at radius 3 is 2.41 bits per heavy atom. The molecule has 8 nitrogen and oxygen atoms in total. The smallest absolute Gasteiger partial charge is 0.230 e. The summed E-state index contributed by atoms with van der Waals surface area (Å²) in [5, 5.41) is 3.83. The van der Waals surface area contributed by atoms with Crippen molar-refractivity contribution >= 4 is 41.0 Å². The number of rotatable bonds is 7. The van der Waals surface area contributed by atoms with E-state index in [9.17, 15) is 9.59 Å². The molecule has 178 valence electrons. The largest absolute Gasteiger partial charge is 0.354 e. The molecule has 1 aromatic rings. The number of piperidine rings is 1. The van der Waals surface area contributed by atoms with Crippen LogP contribution in [0.5, 0.6) is 0 Å². The number of nitrogens with one attached hydrogen (secondary N) is 1. The molecule has 1 aromatic heterocycles. The number of nitrogens with zero attached hydrogens (tertiary/aromatic N) is 5. The van der Waals surface area contributed by atoms with Crippen LogP contribution < -0.4 is 10.2 Å². The maximum atomic E-state index is 12.5. The fourth-order valence-corrected chi connectivity index (χ4v) is 4.85. The van der Waals surface area contributed by atoms with Gasteiger partial charge in [0.15, 0.2) is 5.16 Å². The second kappa shape index (κ2) is 11.5. The van der Waals surface area contributed by atoms with E-state index in [1.165, 1.54) is 31.0 Å². The molecule has 0 spiro atoms. The van der Waals surface area contributed by atoms with Gasteiger partial charge in [-0.1, -0.05) is 50.6 Å². The lowest BCUT2D eigenvalue weighted by molar-refractivity contribution is -0.139. The highest BCUT2D eigenvalue weighted by atomic mass is 35.5. The van der Waals surface area contributed by atoms with Crippen molar-refractivity contribution in [2.75, 3.05) is 63.0 Å². The molecule has 0 unspecified atom stereocenters. The Morgan fingerprint density at radius 2 is 1.75 bits per heavy atom. The van der Waals surface area contributed by atoms with Crippen molar-refractivity contribution in [2.24, 2.45) is 5.41 Å². The third kappa shape index (κ3) is 7.49. The molecule has 3 rings (SSSR count). The van der Waals surface area contributed by atoms with Gasteiger partial charge in [-0.25, -0.2) is 9.97 Å². The van der Waals surface area contributed by atoms with Crippen LogP contribution in [0.25, 0.3) is 0 Å². The normalized spacial score (nSPS) is 18.0. The first kappa shape index (κ1) is 25.1. The topological polar surface area (TPSA) is 81.7 Å². The number of hydrogen-bond acceptors (Lipinski definition) is 7. The van der Waals surface area contributed by atoms with Crippen LogP contribution in [0.4, 0.5) is 5.82 Å². The third-order valence-electron chi connectivity index (χ3n) is 5.72. The van der Waals surface area contributed by atoms with E-state index in [0.29, 0.717) is 43.0 Å². The molecular weight excluding hydrogens is 448 g/mol. The number of anilines is 1. The van der Waals surface area contributed by atoms with E-state index in [4.69, 9.17) is 11.6 Å². The molecular formula is C22H35ClN6O2S. The number of likely N-dealkylation sites (tertiary alicyclic amines) is 1. The molecule has 2 aliphatic rings. The summed E-state index contributed by atoms with van der Waals surface area (Å²) in [6, 6.07) is 1.74. The molecule has 0 atom stereocenters. The van der Waals surface area contributed by atoms with E-state index in [1.54, 1.807) is 6.07 Å². The molecule has 1 N–H and O–H groups in total. The quantitative estimate of drug-likeness (QED) is 0.363. The first-order valence-electron chi connectivity index (χ1n) is 11.4. The summed E-state index contributed by atoms with van der Waals surface area (Å²) in [5.41, 5.74) is -0.376. The minimum Gasteiger partial charge on any atom is -0.354 e. The lowest BCUT2D eigenvalue weighted by atomic mass is 9.94. The third-order valence-corrected chi connectivity index (χ3v) is 6.77. The zero-order chi connectivity index (χ0) is 23.1. The standard InChI is InChI=1S/C22H35ClN6O2S/c1-22(2,3)20(31)29-13-11-28(12-14-29)18-15-17(23)25-21(26-18)32-16-19(30)24-7-10-27-8-5-4-6-9-27/h15H,4-14,16H2,1-3H3,(H,24,30). The van der Waals surface area contributed by atoms with Gasteiger partial charge in [-0.3, -0.25) is 9.59 Å². The van der Waals surface area contributed by atoms with Gasteiger partial charge in [-0.2, -0.15) is 0 Å². The van der Waals surface area contributed by atoms with Gasteiger partial charge in [0.2, 0.25) is 11.8 Å². The van der Waals surface area contributed by atoms with Crippen molar-refractivity contribution in [3.05, 3.63) is 11.2 Å². The van der Waals surface area contributed by atoms with E-state index in [0.717, 1.165) is 25.5 Å². The minimum atomic E-state index is -0.376. The van der Waals surface area contributed by atoms with E-state index < -0.39 is 0 Å². The monoisotopic (exact) mass is 482 g/mol. The summed E-state index contributed by atoms with van der Waals surface area (Å²) in [4.78, 5) is 40.0. The van der Waals surface area contributed by atoms with Gasteiger partial charge < -0.3 is 20.0 Å². The molecule has 0 aromatic carbocycles. The number of amides is 2. The van der Waals surface area contributed by atoms with Gasteiger partial charge >= 0.3 is 0 Å². The number of aromatic nitrogens is 2. The average molecular weight is 483 g/mol. The summed E-state index contributed by atoms with van der Waals surface area (Å²) < 4.78 is 0. The lowest BCUT2D eigenvalue weighted by Gasteiger charge is -2.38. The second-order valence-electron chi connectivity index (χ2n) is 9.40. The van der Waals surface area contributed by atoms with Crippen molar-refractivity contribution in [1.29, 1.82) is 0 Å². The van der Waals surface area contributed by atoms with Gasteiger partial charge in [0, 0.05) is 50.7 Å². The Bertz CT molecular complexity index is 789. The van der Waals surface area contributed by atoms with Gasteiger partial charge in [0.25, 0.3) is 0 Å². The predicted molar refractivity (Wildman–Crippen MR) is 129 cm³/mol. The summed E-state index contributed by atoms with van der Waals surface area (Å²) in [7, 11) is 0. The fourth-order valence-electron chi connectivity index (χ4n) is 3.94. The van der Waals surface area contributed by atoms with Crippen molar-refractivity contribution in [1.82, 2.24) is 25.1 Å². The van der Waals surface area contributed by atoms with Crippen LogP contribution in [0.1, 0.15) is 40.0 Å². The van der Waals surface area contributed by atoms with Crippen molar-refractivity contribution < 1.29 is 9.59 Å². The van der Waals surface area contributed by atoms with Crippen LogP contribution >= 0.6 is 23.4 Å². The van der Waals surface area contributed by atoms with Crippen LogP contribution in [0.2, 0.25) is 5.15 Å². The molecule has 2 aliphatic heterocycles. The van der Waals surface area contributed by atoms with Crippen molar-refractivity contribution in [3.63, 3.8) is 0 Å². The van der Waals surface area contributed by atoms with Crippen LogP contribution in [-0.2, 0) is 9.59 Å². The molecule has 0 bridgehead atoms. The van der Waals surface area contributed by atoms with Crippen molar-refractivity contribution in [2.45, 2.75) is 45.2 Å². The summed E-state index contributed by atoms with van der Waals surface area (Å²) in [6.07, 6.45) is 3.81. The van der Waals surface area contributed by atoms with Crippen LogP contribution in [0.3, 0.4) is 0 Å². The molecule has 2 fully saturated rings. The van der Waals surface area contributed by atoms with Gasteiger partial charge in [-0.05, 0) is 25.9 Å². The molecule has 10 heteroatoms. The summed E-state index contributed by atoms with van der Waals surface area (Å²) in [5.74, 6) is 1.14. The zero-order valence-corrected chi connectivity index (χ0v) is 21.0. The van der Waals surface area contributed by atoms with Crippen molar-refractivity contribution in [3.8, 4) is 0 Å². The highest BCUT2D eigenvalue weighted by Crippen LogP contribution is 2.24. The minimum absolute atomic E-state index is 0.0218. The molecule has 3 heterocycles. The number of halogens is 1. The van der Waals surface area contributed by atoms with Gasteiger partial charge in [0.1, 0.15) is 11.0 Å². The molecule has 32 heavy (non-hydrogen) atoms. The van der Waals surface area contributed by atoms with Crippen LogP contribution in [0.15, 0.2) is 11.2 Å². The highest BCUT2D eigenvalue weighted by Gasteiger charge is 2.30. The Balaban J connectivity index is 1.46. The first-order valence-corrected chi connectivity index (χ1v) is 12.8. The lowest BCUT2D eigenvalue weighted by Crippen LogP contribution is -2.51. The molecule has 0 radical (unpaired) electrons. The number of carbonyl (C=O) groups is 2. The number of carbonyl (C=O) groups excluding carboxylic acids is 2. The molecule has 2 saturated heterocycles. The zero-order valence-electron chi connectivity index (χ0n) is 19.4. The Kier molecular flexibility index (Phi) is 9.02.